The predicted molar refractivity (Wildman–Crippen MR) is 97.4 cm³/mol. The van der Waals surface area contributed by atoms with E-state index in [1.165, 1.54) is 0 Å². The molecule has 1 unspecified atom stereocenters. The molecule has 0 aliphatic rings. The molecule has 0 heterocycles. The van der Waals surface area contributed by atoms with Crippen molar-refractivity contribution in [2.45, 2.75) is 25.8 Å². The van der Waals surface area contributed by atoms with Crippen molar-refractivity contribution in [2.24, 2.45) is 0 Å². The Kier molecular flexibility index (Phi) is 6.69. The molecule has 134 valence electrons. The van der Waals surface area contributed by atoms with Gasteiger partial charge in [-0.1, -0.05) is 18.2 Å². The molecule has 1 N–H and O–H groups in total. The number of aryl methyl sites for hydroxylation is 1. The molecule has 0 saturated heterocycles. The Labute approximate surface area is 148 Å². The lowest BCUT2D eigenvalue weighted by Gasteiger charge is -2.16. The number of hydrogen-bond donors (Lipinski definition) is 1. The van der Waals surface area contributed by atoms with E-state index < -0.39 is 0 Å². The van der Waals surface area contributed by atoms with Crippen molar-refractivity contribution >= 4 is 5.91 Å². The molecule has 25 heavy (non-hydrogen) atoms. The topological polar surface area (TPSA) is 56.8 Å². The zero-order valence-corrected chi connectivity index (χ0v) is 15.2. The summed E-state index contributed by atoms with van der Waals surface area (Å²) in [5.41, 5.74) is 2.04. The molecule has 5 nitrogen and oxygen atoms in total. The second-order valence-electron chi connectivity index (χ2n) is 5.76. The van der Waals surface area contributed by atoms with Crippen LogP contribution in [0.15, 0.2) is 42.5 Å². The summed E-state index contributed by atoms with van der Waals surface area (Å²) >= 11 is 0. The van der Waals surface area contributed by atoms with Crippen LogP contribution in [0.2, 0.25) is 0 Å². The van der Waals surface area contributed by atoms with E-state index in [9.17, 15) is 4.79 Å². The van der Waals surface area contributed by atoms with E-state index in [2.05, 4.69) is 5.32 Å². The first-order chi connectivity index (χ1) is 12.1. The van der Waals surface area contributed by atoms with Crippen molar-refractivity contribution < 1.29 is 19.0 Å². The average molecular weight is 343 g/mol. The minimum atomic E-state index is -0.113. The molecular weight excluding hydrogens is 318 g/mol. The maximum atomic E-state index is 12.2. The van der Waals surface area contributed by atoms with Gasteiger partial charge in [0.25, 0.3) is 0 Å². The molecule has 0 bridgehead atoms. The van der Waals surface area contributed by atoms with E-state index in [4.69, 9.17) is 14.2 Å². The monoisotopic (exact) mass is 343 g/mol. The summed E-state index contributed by atoms with van der Waals surface area (Å²) in [5.74, 6) is 2.13. The molecule has 1 atom stereocenters. The van der Waals surface area contributed by atoms with Crippen LogP contribution in [-0.4, -0.2) is 27.2 Å². The molecule has 2 aromatic carbocycles. The van der Waals surface area contributed by atoms with Crippen LogP contribution in [0.3, 0.4) is 0 Å². The summed E-state index contributed by atoms with van der Waals surface area (Å²) < 4.78 is 15.7. The minimum Gasteiger partial charge on any atom is -0.497 e. The highest BCUT2D eigenvalue weighted by molar-refractivity contribution is 5.76. The Bertz CT molecular complexity index is 715. The normalized spacial score (nSPS) is 11.5. The molecule has 1 amide bonds. The van der Waals surface area contributed by atoms with E-state index in [0.29, 0.717) is 24.3 Å². The molecule has 0 saturated carbocycles. The first-order valence-corrected chi connectivity index (χ1v) is 8.21. The van der Waals surface area contributed by atoms with Crippen LogP contribution in [-0.2, 0) is 11.2 Å². The van der Waals surface area contributed by atoms with Gasteiger partial charge in [-0.2, -0.15) is 0 Å². The smallest absolute Gasteiger partial charge is 0.220 e. The lowest BCUT2D eigenvalue weighted by molar-refractivity contribution is -0.121. The maximum absolute atomic E-state index is 12.2. The van der Waals surface area contributed by atoms with Gasteiger partial charge in [0.15, 0.2) is 11.5 Å². The highest BCUT2D eigenvalue weighted by Crippen LogP contribution is 2.29. The Morgan fingerprint density at radius 1 is 1.00 bits per heavy atom. The maximum Gasteiger partial charge on any atom is 0.220 e. The van der Waals surface area contributed by atoms with Gasteiger partial charge in [-0.25, -0.2) is 0 Å². The third-order valence-corrected chi connectivity index (χ3v) is 4.06. The van der Waals surface area contributed by atoms with Crippen molar-refractivity contribution in [3.63, 3.8) is 0 Å². The average Bonchev–Trinajstić information content (AvgIpc) is 2.65. The van der Waals surface area contributed by atoms with Gasteiger partial charge in [0.05, 0.1) is 27.4 Å². The van der Waals surface area contributed by atoms with Crippen molar-refractivity contribution in [2.75, 3.05) is 21.3 Å². The van der Waals surface area contributed by atoms with Crippen molar-refractivity contribution in [3.8, 4) is 17.2 Å². The summed E-state index contributed by atoms with van der Waals surface area (Å²) in [4.78, 5) is 12.2. The fraction of sp³-hybridized carbons (Fsp3) is 0.350. The van der Waals surface area contributed by atoms with Gasteiger partial charge in [-0.15, -0.1) is 0 Å². The first kappa shape index (κ1) is 18.6. The Morgan fingerprint density at radius 2 is 1.76 bits per heavy atom. The van der Waals surface area contributed by atoms with Crippen LogP contribution in [0.1, 0.15) is 30.5 Å². The van der Waals surface area contributed by atoms with Gasteiger partial charge >= 0.3 is 0 Å². The largest absolute Gasteiger partial charge is 0.497 e. The Hall–Kier alpha value is -2.69. The van der Waals surface area contributed by atoms with E-state index in [1.807, 2.05) is 49.4 Å². The summed E-state index contributed by atoms with van der Waals surface area (Å²) in [7, 11) is 4.83. The fourth-order valence-corrected chi connectivity index (χ4v) is 2.60. The number of carbonyl (C=O) groups is 1. The number of amides is 1. The van der Waals surface area contributed by atoms with Gasteiger partial charge in [0, 0.05) is 6.42 Å². The molecule has 0 spiro atoms. The third kappa shape index (κ3) is 5.14. The number of carbonyl (C=O) groups excluding carboxylic acids is 1. The molecule has 2 rings (SSSR count). The number of methoxy groups -OCH3 is 3. The SMILES string of the molecule is COc1cccc(CCC(=O)NC(C)c2ccc(OC)c(OC)c2)c1. The summed E-state index contributed by atoms with van der Waals surface area (Å²) in [5, 5.41) is 3.02. The van der Waals surface area contributed by atoms with Gasteiger partial charge in [0.2, 0.25) is 5.91 Å². The highest BCUT2D eigenvalue weighted by Gasteiger charge is 2.13. The Balaban J connectivity index is 1.93. The van der Waals surface area contributed by atoms with E-state index in [1.54, 1.807) is 21.3 Å². The van der Waals surface area contributed by atoms with Gasteiger partial charge in [0.1, 0.15) is 5.75 Å². The lowest BCUT2D eigenvalue weighted by Crippen LogP contribution is -2.26. The van der Waals surface area contributed by atoms with Gasteiger partial charge in [-0.3, -0.25) is 4.79 Å². The molecular formula is C20H25NO4. The van der Waals surface area contributed by atoms with E-state index in [-0.39, 0.29) is 11.9 Å². The number of benzene rings is 2. The number of rotatable bonds is 8. The fourth-order valence-electron chi connectivity index (χ4n) is 2.60. The summed E-state index contributed by atoms with van der Waals surface area (Å²) in [6, 6.07) is 13.3. The zero-order chi connectivity index (χ0) is 18.2. The number of ether oxygens (including phenoxy) is 3. The van der Waals surface area contributed by atoms with Crippen LogP contribution in [0, 0.1) is 0 Å². The third-order valence-electron chi connectivity index (χ3n) is 4.06. The molecule has 0 radical (unpaired) electrons. The highest BCUT2D eigenvalue weighted by atomic mass is 16.5. The van der Waals surface area contributed by atoms with Crippen LogP contribution in [0.5, 0.6) is 17.2 Å². The molecule has 5 heteroatoms. The molecule has 2 aromatic rings. The van der Waals surface area contributed by atoms with Gasteiger partial charge in [-0.05, 0) is 48.7 Å². The first-order valence-electron chi connectivity index (χ1n) is 8.21. The quantitative estimate of drug-likeness (QED) is 0.797. The standard InChI is InChI=1S/C20H25NO4/c1-14(16-9-10-18(24-3)19(13-16)25-4)21-20(22)11-8-15-6-5-7-17(12-15)23-2/h5-7,9-10,12-14H,8,11H2,1-4H3,(H,21,22). The van der Waals surface area contributed by atoms with E-state index >= 15 is 0 Å². The van der Waals surface area contributed by atoms with Crippen LogP contribution < -0.4 is 19.5 Å². The second-order valence-corrected chi connectivity index (χ2v) is 5.76. The Morgan fingerprint density at radius 3 is 2.44 bits per heavy atom. The van der Waals surface area contributed by atoms with Crippen LogP contribution in [0.4, 0.5) is 0 Å². The molecule has 0 aliphatic carbocycles. The molecule has 0 aromatic heterocycles. The second kappa shape index (κ2) is 8.97. The van der Waals surface area contributed by atoms with Crippen molar-refractivity contribution in [1.82, 2.24) is 5.32 Å². The van der Waals surface area contributed by atoms with Crippen molar-refractivity contribution in [3.05, 3.63) is 53.6 Å². The van der Waals surface area contributed by atoms with Crippen LogP contribution in [0.25, 0.3) is 0 Å². The summed E-state index contributed by atoms with van der Waals surface area (Å²) in [6.07, 6.45) is 1.09. The molecule has 0 fully saturated rings. The number of nitrogens with one attached hydrogen (secondary N) is 1. The predicted octanol–water partition coefficient (Wildman–Crippen LogP) is 3.52. The molecule has 0 aliphatic heterocycles. The van der Waals surface area contributed by atoms with Gasteiger partial charge < -0.3 is 19.5 Å². The lowest BCUT2D eigenvalue weighted by atomic mass is 10.1. The minimum absolute atomic E-state index is 0.00473. The summed E-state index contributed by atoms with van der Waals surface area (Å²) in [6.45, 7) is 1.95. The van der Waals surface area contributed by atoms with Crippen LogP contribution >= 0.6 is 0 Å². The number of hydrogen-bond acceptors (Lipinski definition) is 4. The zero-order valence-electron chi connectivity index (χ0n) is 15.2. The van der Waals surface area contributed by atoms with E-state index in [0.717, 1.165) is 16.9 Å². The van der Waals surface area contributed by atoms with Crippen molar-refractivity contribution in [1.29, 1.82) is 0 Å².